The van der Waals surface area contributed by atoms with Gasteiger partial charge in [-0.05, 0) is 20.8 Å². The summed E-state index contributed by atoms with van der Waals surface area (Å²) in [6, 6.07) is 0. The molecule has 0 aliphatic rings. The van der Waals surface area contributed by atoms with Gasteiger partial charge in [0.15, 0.2) is 0 Å². The predicted molar refractivity (Wildman–Crippen MR) is 66.4 cm³/mol. The van der Waals surface area contributed by atoms with E-state index in [1.54, 1.807) is 20.8 Å². The van der Waals surface area contributed by atoms with E-state index in [1.165, 1.54) is 0 Å². The maximum absolute atomic E-state index is 9.16. The maximum Gasteiger partial charge on any atom is 0.104 e. The zero-order valence-corrected chi connectivity index (χ0v) is 11.4. The van der Waals surface area contributed by atoms with Crippen molar-refractivity contribution < 1.29 is 29.5 Å². The molecule has 0 saturated heterocycles. The van der Waals surface area contributed by atoms with Gasteiger partial charge in [0.25, 0.3) is 0 Å². The monoisotopic (exact) mass is 266 g/mol. The Morgan fingerprint density at radius 1 is 0.778 bits per heavy atom. The Balaban J connectivity index is 3.98. The zero-order valence-electron chi connectivity index (χ0n) is 11.4. The molecule has 3 N–H and O–H groups in total. The minimum Gasteiger partial charge on any atom is -0.394 e. The molecule has 6 nitrogen and oxygen atoms in total. The third-order valence-electron chi connectivity index (χ3n) is 2.22. The van der Waals surface area contributed by atoms with Crippen LogP contribution in [-0.2, 0) is 14.2 Å². The van der Waals surface area contributed by atoms with Crippen molar-refractivity contribution in [3.63, 3.8) is 0 Å². The minimum absolute atomic E-state index is 0.0585. The second kappa shape index (κ2) is 10.7. The van der Waals surface area contributed by atoms with E-state index in [2.05, 4.69) is 0 Å². The highest BCUT2D eigenvalue weighted by Crippen LogP contribution is 2.02. The molecular weight excluding hydrogens is 240 g/mol. The molecule has 0 aliphatic carbocycles. The smallest absolute Gasteiger partial charge is 0.104 e. The van der Waals surface area contributed by atoms with Crippen molar-refractivity contribution >= 4 is 0 Å². The molecule has 0 aliphatic heterocycles. The molecule has 0 radical (unpaired) electrons. The number of hydrogen-bond donors (Lipinski definition) is 3. The second-order valence-electron chi connectivity index (χ2n) is 4.46. The molecule has 3 unspecified atom stereocenters. The number of hydrogen-bond acceptors (Lipinski definition) is 6. The van der Waals surface area contributed by atoms with Crippen LogP contribution in [0.1, 0.15) is 20.8 Å². The molecule has 0 aromatic carbocycles. The summed E-state index contributed by atoms with van der Waals surface area (Å²) >= 11 is 0. The molecule has 0 heterocycles. The van der Waals surface area contributed by atoms with Crippen LogP contribution in [0.2, 0.25) is 0 Å². The molecule has 0 aromatic rings. The summed E-state index contributed by atoms with van der Waals surface area (Å²) in [4.78, 5) is 0. The Bertz CT molecular complexity index is 173. The van der Waals surface area contributed by atoms with E-state index in [9.17, 15) is 0 Å². The molecule has 0 saturated carbocycles. The van der Waals surface area contributed by atoms with Gasteiger partial charge in [0.2, 0.25) is 0 Å². The molecule has 110 valence electrons. The van der Waals surface area contributed by atoms with Gasteiger partial charge in [0.1, 0.15) is 6.10 Å². The fourth-order valence-electron chi connectivity index (χ4n) is 1.07. The third kappa shape index (κ3) is 9.76. The van der Waals surface area contributed by atoms with Crippen LogP contribution in [0.15, 0.2) is 0 Å². The zero-order chi connectivity index (χ0) is 14.0. The van der Waals surface area contributed by atoms with Crippen LogP contribution in [0.3, 0.4) is 0 Å². The summed E-state index contributed by atoms with van der Waals surface area (Å²) in [5, 5.41) is 26.9. The highest BCUT2D eigenvalue weighted by Gasteiger charge is 2.14. The van der Waals surface area contributed by atoms with Crippen LogP contribution in [0.5, 0.6) is 0 Å². The molecule has 0 spiro atoms. The van der Waals surface area contributed by atoms with E-state index in [1.807, 2.05) is 0 Å². The van der Waals surface area contributed by atoms with Crippen molar-refractivity contribution in [3.8, 4) is 0 Å². The lowest BCUT2D eigenvalue weighted by atomic mass is 10.3. The Morgan fingerprint density at radius 2 is 1.22 bits per heavy atom. The second-order valence-corrected chi connectivity index (χ2v) is 4.46. The van der Waals surface area contributed by atoms with E-state index in [0.29, 0.717) is 0 Å². The van der Waals surface area contributed by atoms with Gasteiger partial charge in [-0.2, -0.15) is 0 Å². The SMILES string of the molecule is CC(O)COC(COC(C)CO)COC(C)CO. The lowest BCUT2D eigenvalue weighted by molar-refractivity contribution is -0.108. The lowest BCUT2D eigenvalue weighted by Crippen LogP contribution is -2.32. The average Bonchev–Trinajstić information content (AvgIpc) is 2.36. The van der Waals surface area contributed by atoms with Crippen molar-refractivity contribution in [2.75, 3.05) is 33.0 Å². The molecule has 0 aromatic heterocycles. The first kappa shape index (κ1) is 17.8. The van der Waals surface area contributed by atoms with Crippen LogP contribution in [0.25, 0.3) is 0 Å². The Labute approximate surface area is 108 Å². The van der Waals surface area contributed by atoms with Gasteiger partial charge in [0, 0.05) is 0 Å². The van der Waals surface area contributed by atoms with Crippen molar-refractivity contribution in [2.45, 2.75) is 45.2 Å². The summed E-state index contributed by atoms with van der Waals surface area (Å²) in [7, 11) is 0. The van der Waals surface area contributed by atoms with Gasteiger partial charge in [-0.3, -0.25) is 0 Å². The van der Waals surface area contributed by atoms with Crippen molar-refractivity contribution in [2.24, 2.45) is 0 Å². The summed E-state index contributed by atoms with van der Waals surface area (Å²) < 4.78 is 16.1. The Morgan fingerprint density at radius 3 is 1.56 bits per heavy atom. The van der Waals surface area contributed by atoms with Crippen LogP contribution in [0, 0.1) is 0 Å². The predicted octanol–water partition coefficient (Wildman–Crippen LogP) is -0.453. The Kier molecular flexibility index (Phi) is 10.5. The van der Waals surface area contributed by atoms with Gasteiger partial charge in [-0.25, -0.2) is 0 Å². The van der Waals surface area contributed by atoms with Crippen molar-refractivity contribution in [3.05, 3.63) is 0 Å². The summed E-state index contributed by atoms with van der Waals surface area (Å²) in [5.74, 6) is 0. The van der Waals surface area contributed by atoms with E-state index in [0.717, 1.165) is 0 Å². The maximum atomic E-state index is 9.16. The van der Waals surface area contributed by atoms with E-state index < -0.39 is 6.10 Å². The molecule has 0 amide bonds. The number of aliphatic hydroxyl groups excluding tert-OH is 3. The first-order valence-corrected chi connectivity index (χ1v) is 6.24. The number of ether oxygens (including phenoxy) is 3. The number of rotatable bonds is 11. The molecule has 18 heavy (non-hydrogen) atoms. The highest BCUT2D eigenvalue weighted by atomic mass is 16.6. The standard InChI is InChI=1S/C12H26O6/c1-9(15)6-18-12(7-16-10(2)4-13)8-17-11(3)5-14/h9-15H,4-8H2,1-3H3. The molecule has 3 atom stereocenters. The van der Waals surface area contributed by atoms with Gasteiger partial charge in [0.05, 0.1) is 51.3 Å². The van der Waals surface area contributed by atoms with Crippen LogP contribution in [-0.4, -0.2) is 72.8 Å². The largest absolute Gasteiger partial charge is 0.394 e. The van der Waals surface area contributed by atoms with Crippen LogP contribution >= 0.6 is 0 Å². The first-order chi connectivity index (χ1) is 8.49. The Hall–Kier alpha value is -0.240. The van der Waals surface area contributed by atoms with Crippen LogP contribution < -0.4 is 0 Å². The van der Waals surface area contributed by atoms with Gasteiger partial charge in [-0.1, -0.05) is 0 Å². The first-order valence-electron chi connectivity index (χ1n) is 6.24. The molecule has 0 bridgehead atoms. The molecule has 0 fully saturated rings. The third-order valence-corrected chi connectivity index (χ3v) is 2.22. The van der Waals surface area contributed by atoms with E-state index >= 15 is 0 Å². The van der Waals surface area contributed by atoms with Crippen molar-refractivity contribution in [1.82, 2.24) is 0 Å². The van der Waals surface area contributed by atoms with Gasteiger partial charge in [-0.15, -0.1) is 0 Å². The summed E-state index contributed by atoms with van der Waals surface area (Å²) in [5.41, 5.74) is 0. The summed E-state index contributed by atoms with van der Waals surface area (Å²) in [6.45, 7) is 5.75. The lowest BCUT2D eigenvalue weighted by Gasteiger charge is -2.22. The normalized spacial score (nSPS) is 18.3. The average molecular weight is 266 g/mol. The molecule has 0 rings (SSSR count). The van der Waals surface area contributed by atoms with E-state index in [-0.39, 0.29) is 51.3 Å². The van der Waals surface area contributed by atoms with Gasteiger partial charge < -0.3 is 29.5 Å². The molecule has 6 heteroatoms. The quantitative estimate of drug-likeness (QED) is 0.469. The fourth-order valence-corrected chi connectivity index (χ4v) is 1.07. The highest BCUT2D eigenvalue weighted by molar-refractivity contribution is 4.60. The summed E-state index contributed by atoms with van der Waals surface area (Å²) in [6.07, 6.45) is -1.42. The topological polar surface area (TPSA) is 88.4 Å². The fraction of sp³-hybridized carbons (Fsp3) is 1.00. The van der Waals surface area contributed by atoms with Crippen molar-refractivity contribution in [1.29, 1.82) is 0 Å². The number of aliphatic hydroxyl groups is 3. The minimum atomic E-state index is -0.557. The van der Waals surface area contributed by atoms with Crippen LogP contribution in [0.4, 0.5) is 0 Å². The molecular formula is C12H26O6. The van der Waals surface area contributed by atoms with Gasteiger partial charge >= 0.3 is 0 Å². The van der Waals surface area contributed by atoms with E-state index in [4.69, 9.17) is 29.5 Å².